The first-order valence-corrected chi connectivity index (χ1v) is 5.20. The molecule has 0 aliphatic carbocycles. The van der Waals surface area contributed by atoms with Crippen molar-refractivity contribution in [1.82, 2.24) is 9.97 Å². The third-order valence-corrected chi connectivity index (χ3v) is 2.89. The van der Waals surface area contributed by atoms with Gasteiger partial charge in [0.15, 0.2) is 5.03 Å². The fourth-order valence-corrected chi connectivity index (χ4v) is 1.76. The van der Waals surface area contributed by atoms with Gasteiger partial charge in [-0.25, -0.2) is 13.4 Å². The van der Waals surface area contributed by atoms with Crippen LogP contribution >= 0.6 is 0 Å². The average Bonchev–Trinajstić information content (AvgIpc) is 2.09. The predicted octanol–water partition coefficient (Wildman–Crippen LogP) is 1.01. The second kappa shape index (κ2) is 3.26. The first-order valence-electron chi connectivity index (χ1n) is 3.65. The van der Waals surface area contributed by atoms with Gasteiger partial charge in [0.05, 0.1) is 11.4 Å². The topological polar surface area (TPSA) is 59.9 Å². The van der Waals surface area contributed by atoms with E-state index in [1.54, 1.807) is 13.8 Å². The third kappa shape index (κ3) is 1.92. The molecule has 0 unspecified atom stereocenters. The Balaban J connectivity index is 3.46. The maximum Gasteiger partial charge on any atom is 0.218 e. The molecule has 0 aliphatic rings. The zero-order valence-corrected chi connectivity index (χ0v) is 8.30. The zero-order chi connectivity index (χ0) is 10.1. The van der Waals surface area contributed by atoms with Gasteiger partial charge in [-0.2, -0.15) is 0 Å². The molecule has 0 saturated carbocycles. The van der Waals surface area contributed by atoms with Crippen LogP contribution in [0.2, 0.25) is 0 Å². The summed E-state index contributed by atoms with van der Waals surface area (Å²) >= 11 is 0. The normalized spacial score (nSPS) is 11.2. The highest BCUT2D eigenvalue weighted by Gasteiger charge is 2.15. The van der Waals surface area contributed by atoms with Crippen molar-refractivity contribution in [3.63, 3.8) is 0 Å². The molecule has 70 valence electrons. The van der Waals surface area contributed by atoms with E-state index in [-0.39, 0.29) is 5.03 Å². The van der Waals surface area contributed by atoms with Crippen molar-refractivity contribution in [1.29, 1.82) is 0 Å². The Bertz CT molecular complexity index is 437. The quantitative estimate of drug-likeness (QED) is 0.711. The van der Waals surface area contributed by atoms with Crippen molar-refractivity contribution in [2.45, 2.75) is 18.9 Å². The lowest BCUT2D eigenvalue weighted by Crippen LogP contribution is -2.05. The van der Waals surface area contributed by atoms with Gasteiger partial charge >= 0.3 is 0 Å². The Morgan fingerprint density at radius 3 is 2.62 bits per heavy atom. The van der Waals surface area contributed by atoms with Gasteiger partial charge in [-0.05, 0) is 13.8 Å². The first kappa shape index (κ1) is 9.85. The summed E-state index contributed by atoms with van der Waals surface area (Å²) in [5.41, 5.74) is 0.969. The van der Waals surface area contributed by atoms with Gasteiger partial charge in [0.25, 0.3) is 0 Å². The summed E-state index contributed by atoms with van der Waals surface area (Å²) in [7, 11) is -3.46. The second-order valence-corrected chi connectivity index (χ2v) is 4.42. The van der Waals surface area contributed by atoms with Gasteiger partial charge in [0.2, 0.25) is 9.84 Å². The van der Waals surface area contributed by atoms with Crippen molar-refractivity contribution >= 4 is 9.84 Å². The number of rotatable bonds is 2. The molecule has 1 aromatic heterocycles. The molecule has 1 rings (SSSR count). The third-order valence-electron chi connectivity index (χ3n) is 1.52. The van der Waals surface area contributed by atoms with Crippen molar-refractivity contribution < 1.29 is 8.42 Å². The minimum Gasteiger partial charge on any atom is -0.257 e. The van der Waals surface area contributed by atoms with Crippen LogP contribution in [0.25, 0.3) is 0 Å². The summed E-state index contributed by atoms with van der Waals surface area (Å²) < 4.78 is 22.7. The van der Waals surface area contributed by atoms with E-state index in [0.29, 0.717) is 11.4 Å². The summed E-state index contributed by atoms with van der Waals surface area (Å²) in [5, 5.41) is 0.867. The lowest BCUT2D eigenvalue weighted by atomic mass is 10.4. The van der Waals surface area contributed by atoms with Crippen LogP contribution in [-0.4, -0.2) is 18.4 Å². The Labute approximate surface area is 77.3 Å². The lowest BCUT2D eigenvalue weighted by molar-refractivity contribution is 0.598. The molecule has 5 heteroatoms. The Kier molecular flexibility index (Phi) is 2.47. The van der Waals surface area contributed by atoms with Crippen LogP contribution in [0, 0.1) is 13.8 Å². The summed E-state index contributed by atoms with van der Waals surface area (Å²) in [6.07, 6.45) is 1.53. The molecular formula is C8H10N2O2S. The molecule has 0 amide bonds. The Morgan fingerprint density at radius 2 is 2.08 bits per heavy atom. The van der Waals surface area contributed by atoms with Crippen molar-refractivity contribution in [2.24, 2.45) is 0 Å². The van der Waals surface area contributed by atoms with Gasteiger partial charge in [0.1, 0.15) is 0 Å². The van der Waals surface area contributed by atoms with E-state index in [1.807, 2.05) is 0 Å². The number of sulfone groups is 1. The highest BCUT2D eigenvalue weighted by atomic mass is 32.2. The number of aromatic nitrogens is 2. The van der Waals surface area contributed by atoms with E-state index in [2.05, 4.69) is 16.5 Å². The van der Waals surface area contributed by atoms with Crippen LogP contribution in [0.3, 0.4) is 0 Å². The van der Waals surface area contributed by atoms with Gasteiger partial charge in [-0.15, -0.1) is 0 Å². The Morgan fingerprint density at radius 1 is 1.46 bits per heavy atom. The standard InChI is InChI=1S/C8H10N2O2S/c1-4-13(11,12)8-7(3)9-5-6(2)10-8/h4-5H,1H2,2-3H3. The Hall–Kier alpha value is -1.23. The minimum absolute atomic E-state index is 0.0116. The van der Waals surface area contributed by atoms with Crippen LogP contribution in [0.15, 0.2) is 23.2 Å². The number of hydrogen-bond donors (Lipinski definition) is 0. The van der Waals surface area contributed by atoms with Crippen LogP contribution < -0.4 is 0 Å². The fraction of sp³-hybridized carbons (Fsp3) is 0.250. The summed E-state index contributed by atoms with van der Waals surface area (Å²) in [6, 6.07) is 0. The van der Waals surface area contributed by atoms with E-state index in [9.17, 15) is 8.42 Å². The van der Waals surface area contributed by atoms with Crippen molar-refractivity contribution in [3.05, 3.63) is 29.6 Å². The first-order chi connectivity index (χ1) is 5.97. The van der Waals surface area contributed by atoms with Crippen LogP contribution in [0.4, 0.5) is 0 Å². The summed E-state index contributed by atoms with van der Waals surface area (Å²) in [6.45, 7) is 6.51. The highest BCUT2D eigenvalue weighted by molar-refractivity contribution is 7.94. The maximum absolute atomic E-state index is 11.4. The van der Waals surface area contributed by atoms with E-state index in [0.717, 1.165) is 5.41 Å². The van der Waals surface area contributed by atoms with Gasteiger partial charge < -0.3 is 0 Å². The molecule has 0 radical (unpaired) electrons. The van der Waals surface area contributed by atoms with Crippen LogP contribution in [0.1, 0.15) is 11.4 Å². The van der Waals surface area contributed by atoms with Crippen LogP contribution in [-0.2, 0) is 9.84 Å². The van der Waals surface area contributed by atoms with Gasteiger partial charge in [-0.1, -0.05) is 6.58 Å². The maximum atomic E-state index is 11.4. The molecule has 0 aliphatic heterocycles. The number of nitrogens with zero attached hydrogens (tertiary/aromatic N) is 2. The van der Waals surface area contributed by atoms with E-state index in [1.165, 1.54) is 6.20 Å². The molecule has 0 atom stereocenters. The van der Waals surface area contributed by atoms with E-state index < -0.39 is 9.84 Å². The molecule has 13 heavy (non-hydrogen) atoms. The fourth-order valence-electron chi connectivity index (χ4n) is 0.864. The zero-order valence-electron chi connectivity index (χ0n) is 7.48. The molecule has 0 fully saturated rings. The monoisotopic (exact) mass is 198 g/mol. The largest absolute Gasteiger partial charge is 0.257 e. The van der Waals surface area contributed by atoms with Gasteiger partial charge in [0, 0.05) is 11.6 Å². The van der Waals surface area contributed by atoms with Crippen LogP contribution in [0.5, 0.6) is 0 Å². The van der Waals surface area contributed by atoms with E-state index in [4.69, 9.17) is 0 Å². The SMILES string of the molecule is C=CS(=O)(=O)c1nc(C)cnc1C. The lowest BCUT2D eigenvalue weighted by Gasteiger charge is -2.01. The molecule has 0 N–H and O–H groups in total. The summed E-state index contributed by atoms with van der Waals surface area (Å²) in [5.74, 6) is 0. The van der Waals surface area contributed by atoms with E-state index >= 15 is 0 Å². The molecular weight excluding hydrogens is 188 g/mol. The molecule has 0 aromatic carbocycles. The highest BCUT2D eigenvalue weighted by Crippen LogP contribution is 2.12. The van der Waals surface area contributed by atoms with Crippen molar-refractivity contribution in [2.75, 3.05) is 0 Å². The van der Waals surface area contributed by atoms with Crippen molar-refractivity contribution in [3.8, 4) is 0 Å². The smallest absolute Gasteiger partial charge is 0.218 e. The molecule has 0 spiro atoms. The predicted molar refractivity (Wildman–Crippen MR) is 48.9 cm³/mol. The molecule has 1 heterocycles. The molecule has 0 saturated heterocycles. The number of hydrogen-bond acceptors (Lipinski definition) is 4. The molecule has 1 aromatic rings. The molecule has 0 bridgehead atoms. The second-order valence-electron chi connectivity index (χ2n) is 2.61. The minimum atomic E-state index is -3.46. The summed E-state index contributed by atoms with van der Waals surface area (Å²) in [4.78, 5) is 7.80. The number of aryl methyl sites for hydroxylation is 2. The average molecular weight is 198 g/mol. The molecule has 4 nitrogen and oxygen atoms in total. The van der Waals surface area contributed by atoms with Gasteiger partial charge in [-0.3, -0.25) is 4.98 Å².